The van der Waals surface area contributed by atoms with Gasteiger partial charge in [-0.3, -0.25) is 0 Å². The van der Waals surface area contributed by atoms with Gasteiger partial charge in [-0.05, 0) is 5.92 Å². The average molecular weight is 380 g/mol. The zero-order chi connectivity index (χ0) is 19.8. The Kier molecular flexibility index (Phi) is 24.0. The van der Waals surface area contributed by atoms with Crippen molar-refractivity contribution in [2.75, 3.05) is 0 Å². The number of unbranched alkanes of at least 4 members (excludes halogenated alkanes) is 17. The minimum Gasteiger partial charge on any atom is -0.0654 e. The van der Waals surface area contributed by atoms with Crippen LogP contribution >= 0.6 is 0 Å². The second kappa shape index (κ2) is 24.0. The maximum absolute atomic E-state index is 4.05. The van der Waals surface area contributed by atoms with E-state index in [1.807, 2.05) is 0 Å². The molecule has 0 N–H and O–H groups in total. The third-order valence-corrected chi connectivity index (χ3v) is 6.29. The van der Waals surface area contributed by atoms with Gasteiger partial charge < -0.3 is 0 Å². The number of hydrogen-bond donors (Lipinski definition) is 0. The highest BCUT2D eigenvalue weighted by Crippen LogP contribution is 2.24. The molecule has 0 nitrogen and oxygen atoms in total. The first-order chi connectivity index (χ1) is 13.3. The molecule has 0 saturated heterocycles. The van der Waals surface area contributed by atoms with Crippen molar-refractivity contribution in [1.29, 1.82) is 0 Å². The van der Waals surface area contributed by atoms with Crippen LogP contribution in [0.5, 0.6) is 0 Å². The van der Waals surface area contributed by atoms with Gasteiger partial charge in [0.2, 0.25) is 0 Å². The van der Waals surface area contributed by atoms with E-state index in [0.717, 1.165) is 12.3 Å². The van der Waals surface area contributed by atoms with Crippen LogP contribution < -0.4 is 0 Å². The molecule has 0 spiro atoms. The van der Waals surface area contributed by atoms with Gasteiger partial charge in [-0.1, -0.05) is 168 Å². The molecule has 0 aromatic carbocycles. The average Bonchev–Trinajstić information content (AvgIpc) is 2.68. The van der Waals surface area contributed by atoms with Gasteiger partial charge in [-0.25, -0.2) is 0 Å². The SMILES string of the molecule is [CH2]CCCC(CCCCCCC)CCCCCCCCCCCCCCC. The molecule has 27 heavy (non-hydrogen) atoms. The van der Waals surface area contributed by atoms with E-state index in [-0.39, 0.29) is 0 Å². The molecule has 0 bridgehead atoms. The van der Waals surface area contributed by atoms with Crippen molar-refractivity contribution in [3.05, 3.63) is 6.92 Å². The number of rotatable bonds is 23. The van der Waals surface area contributed by atoms with Crippen molar-refractivity contribution in [1.82, 2.24) is 0 Å². The molecule has 0 heterocycles. The van der Waals surface area contributed by atoms with Gasteiger partial charge in [-0.15, -0.1) is 0 Å². The highest BCUT2D eigenvalue weighted by molar-refractivity contribution is 4.62. The van der Waals surface area contributed by atoms with E-state index < -0.39 is 0 Å². The highest BCUT2D eigenvalue weighted by atomic mass is 14.1. The minimum atomic E-state index is 1.00. The smallest absolute Gasteiger partial charge is 0.0414 e. The van der Waals surface area contributed by atoms with Crippen LogP contribution in [0, 0.1) is 12.8 Å². The molecule has 0 heteroatoms. The van der Waals surface area contributed by atoms with Crippen molar-refractivity contribution >= 4 is 0 Å². The Morgan fingerprint density at radius 1 is 0.407 bits per heavy atom. The first-order valence-electron chi connectivity index (χ1n) is 13.1. The molecular weight excluding hydrogens is 324 g/mol. The minimum absolute atomic E-state index is 1.00. The van der Waals surface area contributed by atoms with Gasteiger partial charge >= 0.3 is 0 Å². The first-order valence-corrected chi connectivity index (χ1v) is 13.1. The summed E-state index contributed by atoms with van der Waals surface area (Å²) in [6.07, 6.45) is 33.2. The van der Waals surface area contributed by atoms with Crippen LogP contribution in [0.25, 0.3) is 0 Å². The third kappa shape index (κ3) is 22.2. The molecule has 0 saturated carbocycles. The Morgan fingerprint density at radius 2 is 0.704 bits per heavy atom. The third-order valence-electron chi connectivity index (χ3n) is 6.29. The van der Waals surface area contributed by atoms with Crippen molar-refractivity contribution in [2.24, 2.45) is 5.92 Å². The lowest BCUT2D eigenvalue weighted by molar-refractivity contribution is 0.373. The van der Waals surface area contributed by atoms with E-state index in [1.54, 1.807) is 0 Å². The van der Waals surface area contributed by atoms with Crippen molar-refractivity contribution < 1.29 is 0 Å². The normalized spacial score (nSPS) is 12.6. The van der Waals surface area contributed by atoms with E-state index in [4.69, 9.17) is 0 Å². The lowest BCUT2D eigenvalue weighted by atomic mass is 9.90. The predicted octanol–water partition coefficient (Wildman–Crippen LogP) is 10.4. The lowest BCUT2D eigenvalue weighted by Gasteiger charge is -2.16. The first kappa shape index (κ1) is 27.0. The Morgan fingerprint density at radius 3 is 1.04 bits per heavy atom. The molecule has 0 fully saturated rings. The van der Waals surface area contributed by atoms with Crippen molar-refractivity contribution in [3.8, 4) is 0 Å². The van der Waals surface area contributed by atoms with Crippen LogP contribution in [0.15, 0.2) is 0 Å². The van der Waals surface area contributed by atoms with Crippen molar-refractivity contribution in [3.63, 3.8) is 0 Å². The summed E-state index contributed by atoms with van der Waals surface area (Å²) >= 11 is 0. The van der Waals surface area contributed by atoms with E-state index in [1.165, 1.54) is 141 Å². The maximum Gasteiger partial charge on any atom is -0.0414 e. The molecule has 0 aliphatic rings. The summed E-state index contributed by atoms with van der Waals surface area (Å²) in [5.41, 5.74) is 0. The highest BCUT2D eigenvalue weighted by Gasteiger charge is 2.08. The fourth-order valence-corrected chi connectivity index (χ4v) is 4.35. The van der Waals surface area contributed by atoms with Crippen molar-refractivity contribution in [2.45, 2.75) is 162 Å². The fraction of sp³-hybridized carbons (Fsp3) is 0.963. The second-order valence-corrected chi connectivity index (χ2v) is 9.10. The quantitative estimate of drug-likeness (QED) is 0.155. The predicted molar refractivity (Wildman–Crippen MR) is 126 cm³/mol. The summed E-state index contributed by atoms with van der Waals surface area (Å²) in [6, 6.07) is 0. The largest absolute Gasteiger partial charge is 0.0654 e. The van der Waals surface area contributed by atoms with Crippen LogP contribution in [0.1, 0.15) is 162 Å². The zero-order valence-corrected chi connectivity index (χ0v) is 19.5. The summed E-state index contributed by atoms with van der Waals surface area (Å²) in [4.78, 5) is 0. The summed E-state index contributed by atoms with van der Waals surface area (Å²) in [5, 5.41) is 0. The van der Waals surface area contributed by atoms with Gasteiger partial charge in [0.05, 0.1) is 0 Å². The zero-order valence-electron chi connectivity index (χ0n) is 19.5. The fourth-order valence-electron chi connectivity index (χ4n) is 4.35. The molecule has 163 valence electrons. The Hall–Kier alpha value is 0. The van der Waals surface area contributed by atoms with E-state index in [9.17, 15) is 0 Å². The van der Waals surface area contributed by atoms with E-state index in [0.29, 0.717) is 0 Å². The number of hydrogen-bond acceptors (Lipinski definition) is 0. The molecule has 0 aliphatic heterocycles. The van der Waals surface area contributed by atoms with Gasteiger partial charge in [-0.2, -0.15) is 0 Å². The lowest BCUT2D eigenvalue weighted by Crippen LogP contribution is -2.01. The second-order valence-electron chi connectivity index (χ2n) is 9.10. The molecule has 0 aromatic rings. The molecule has 1 radical (unpaired) electrons. The Labute approximate surface area is 174 Å². The molecule has 1 unspecified atom stereocenters. The Bertz CT molecular complexity index is 244. The van der Waals surface area contributed by atoms with E-state index in [2.05, 4.69) is 20.8 Å². The van der Waals surface area contributed by atoms with Gasteiger partial charge in [0.25, 0.3) is 0 Å². The topological polar surface area (TPSA) is 0 Å². The van der Waals surface area contributed by atoms with Gasteiger partial charge in [0, 0.05) is 0 Å². The summed E-state index contributed by atoms with van der Waals surface area (Å²) in [5.74, 6) is 1.00. The van der Waals surface area contributed by atoms with Crippen LogP contribution in [-0.2, 0) is 0 Å². The van der Waals surface area contributed by atoms with Crippen LogP contribution in [0.3, 0.4) is 0 Å². The summed E-state index contributed by atoms with van der Waals surface area (Å²) < 4.78 is 0. The van der Waals surface area contributed by atoms with Crippen LogP contribution in [0.4, 0.5) is 0 Å². The standard InChI is InChI=1S/C27H55/c1-4-7-10-12-13-14-15-16-17-18-19-21-23-26-27(24-9-6-3)25-22-20-11-8-5-2/h27H,3-26H2,1-2H3. The van der Waals surface area contributed by atoms with Gasteiger partial charge in [0.15, 0.2) is 0 Å². The van der Waals surface area contributed by atoms with Crippen LogP contribution in [-0.4, -0.2) is 0 Å². The molecule has 0 aromatic heterocycles. The van der Waals surface area contributed by atoms with Gasteiger partial charge in [0.1, 0.15) is 0 Å². The maximum atomic E-state index is 4.05. The monoisotopic (exact) mass is 379 g/mol. The molecule has 0 amide bonds. The summed E-state index contributed by atoms with van der Waals surface area (Å²) in [7, 11) is 0. The molecule has 1 atom stereocenters. The van der Waals surface area contributed by atoms with Crippen LogP contribution in [0.2, 0.25) is 0 Å². The molecule has 0 aliphatic carbocycles. The van der Waals surface area contributed by atoms with E-state index >= 15 is 0 Å². The summed E-state index contributed by atoms with van der Waals surface area (Å²) in [6.45, 7) is 8.66. The Balaban J connectivity index is 3.43. The molecule has 0 rings (SSSR count). The molecular formula is C27H55.